The van der Waals surface area contributed by atoms with E-state index in [1.54, 1.807) is 0 Å². The van der Waals surface area contributed by atoms with E-state index in [-0.39, 0.29) is 6.04 Å². The number of nitrogens with two attached hydrogens (primary N) is 1. The lowest BCUT2D eigenvalue weighted by molar-refractivity contribution is -0.136. The summed E-state index contributed by atoms with van der Waals surface area (Å²) >= 11 is 0. The first-order valence-corrected chi connectivity index (χ1v) is 8.61. The predicted molar refractivity (Wildman–Crippen MR) is 83.3 cm³/mol. The van der Waals surface area contributed by atoms with Crippen molar-refractivity contribution in [2.24, 2.45) is 23.5 Å². The second-order valence-electron chi connectivity index (χ2n) is 7.19. The van der Waals surface area contributed by atoms with Crippen LogP contribution < -0.4 is 5.73 Å². The molecule has 0 spiro atoms. The average Bonchev–Trinajstić information content (AvgIpc) is 2.47. The van der Waals surface area contributed by atoms with Gasteiger partial charge in [-0.25, -0.2) is 0 Å². The molecule has 20 heavy (non-hydrogen) atoms. The van der Waals surface area contributed by atoms with Crippen molar-refractivity contribution in [3.8, 4) is 0 Å². The molecule has 0 aromatic rings. The van der Waals surface area contributed by atoms with Crippen LogP contribution in [0.15, 0.2) is 0 Å². The first kappa shape index (κ1) is 15.8. The molecule has 2 rings (SSSR count). The van der Waals surface area contributed by atoms with Crippen molar-refractivity contribution in [1.82, 2.24) is 4.90 Å². The van der Waals surface area contributed by atoms with Crippen molar-refractivity contribution >= 4 is 5.91 Å². The first-order valence-electron chi connectivity index (χ1n) is 8.61. The molecule has 2 fully saturated rings. The summed E-state index contributed by atoms with van der Waals surface area (Å²) in [5.41, 5.74) is 5.87. The van der Waals surface area contributed by atoms with E-state index in [1.807, 2.05) is 0 Å². The van der Waals surface area contributed by atoms with Crippen LogP contribution in [0.5, 0.6) is 0 Å². The Morgan fingerprint density at radius 1 is 1.25 bits per heavy atom. The Morgan fingerprint density at radius 2 is 1.95 bits per heavy atom. The number of likely N-dealkylation sites (tertiary alicyclic amines) is 1. The summed E-state index contributed by atoms with van der Waals surface area (Å²) in [5, 5.41) is 0. The van der Waals surface area contributed by atoms with Crippen LogP contribution in [0.4, 0.5) is 0 Å². The van der Waals surface area contributed by atoms with E-state index < -0.39 is 0 Å². The largest absolute Gasteiger partial charge is 0.338 e. The molecule has 3 atom stereocenters. The molecule has 0 radical (unpaired) electrons. The number of rotatable bonds is 4. The third-order valence-electron chi connectivity index (χ3n) is 5.52. The van der Waals surface area contributed by atoms with Gasteiger partial charge in [-0.15, -0.1) is 0 Å². The summed E-state index contributed by atoms with van der Waals surface area (Å²) in [4.78, 5) is 14.7. The van der Waals surface area contributed by atoms with Crippen LogP contribution in [0.2, 0.25) is 0 Å². The summed E-state index contributed by atoms with van der Waals surface area (Å²) < 4.78 is 0. The zero-order chi connectivity index (χ0) is 14.5. The molecule has 0 aromatic carbocycles. The monoisotopic (exact) mass is 280 g/mol. The first-order chi connectivity index (χ1) is 9.61. The van der Waals surface area contributed by atoms with E-state index in [0.29, 0.717) is 24.3 Å². The number of nitrogens with zero attached hydrogens (tertiary/aromatic N) is 1. The molecule has 2 N–H and O–H groups in total. The second-order valence-corrected chi connectivity index (χ2v) is 7.19. The number of amides is 1. The molecular formula is C17H32N2O. The normalized spacial score (nSPS) is 30.2. The lowest BCUT2D eigenvalue weighted by Gasteiger charge is -2.39. The van der Waals surface area contributed by atoms with Crippen LogP contribution in [0.1, 0.15) is 65.2 Å². The van der Waals surface area contributed by atoms with E-state index in [4.69, 9.17) is 5.73 Å². The van der Waals surface area contributed by atoms with Crippen LogP contribution in [0.3, 0.4) is 0 Å². The molecule has 3 nitrogen and oxygen atoms in total. The Labute approximate surface area is 124 Å². The van der Waals surface area contributed by atoms with Crippen molar-refractivity contribution in [3.63, 3.8) is 0 Å². The van der Waals surface area contributed by atoms with Crippen molar-refractivity contribution in [2.75, 3.05) is 13.1 Å². The molecule has 1 amide bonds. The highest BCUT2D eigenvalue weighted by Crippen LogP contribution is 2.32. The van der Waals surface area contributed by atoms with Crippen molar-refractivity contribution < 1.29 is 4.79 Å². The highest BCUT2D eigenvalue weighted by Gasteiger charge is 2.31. The third kappa shape index (κ3) is 3.97. The molecule has 0 aromatic heterocycles. The average molecular weight is 280 g/mol. The van der Waals surface area contributed by atoms with Gasteiger partial charge in [0, 0.05) is 25.6 Å². The molecule has 1 aliphatic carbocycles. The van der Waals surface area contributed by atoms with Gasteiger partial charge in [-0.05, 0) is 30.6 Å². The van der Waals surface area contributed by atoms with E-state index in [2.05, 4.69) is 18.7 Å². The van der Waals surface area contributed by atoms with Crippen LogP contribution in [0.25, 0.3) is 0 Å². The maximum Gasteiger partial charge on any atom is 0.223 e. The van der Waals surface area contributed by atoms with Gasteiger partial charge < -0.3 is 10.6 Å². The fourth-order valence-corrected chi connectivity index (χ4v) is 4.07. The van der Waals surface area contributed by atoms with Gasteiger partial charge in [0.05, 0.1) is 0 Å². The standard InChI is InChI=1S/C17H32N2O/c1-13-8-9-19(16(10-13)12-18)17(20)11-14(2)15-6-4-3-5-7-15/h13-16H,3-12,18H2,1-2H3. The van der Waals surface area contributed by atoms with Gasteiger partial charge in [0.2, 0.25) is 5.91 Å². The summed E-state index contributed by atoms with van der Waals surface area (Å²) in [6.07, 6.45) is 9.70. The van der Waals surface area contributed by atoms with Crippen LogP contribution >= 0.6 is 0 Å². The molecule has 2 aliphatic rings. The number of hydrogen-bond acceptors (Lipinski definition) is 2. The lowest BCUT2D eigenvalue weighted by Crippen LogP contribution is -2.49. The summed E-state index contributed by atoms with van der Waals surface area (Å²) in [6.45, 7) is 6.08. The highest BCUT2D eigenvalue weighted by molar-refractivity contribution is 5.77. The molecule has 3 unspecified atom stereocenters. The lowest BCUT2D eigenvalue weighted by atomic mass is 9.79. The minimum Gasteiger partial charge on any atom is -0.338 e. The quantitative estimate of drug-likeness (QED) is 0.859. The fourth-order valence-electron chi connectivity index (χ4n) is 4.07. The minimum absolute atomic E-state index is 0.282. The molecule has 1 aliphatic heterocycles. The summed E-state index contributed by atoms with van der Waals surface area (Å²) in [5.74, 6) is 2.38. The van der Waals surface area contributed by atoms with Gasteiger partial charge in [0.25, 0.3) is 0 Å². The van der Waals surface area contributed by atoms with Crippen molar-refractivity contribution in [3.05, 3.63) is 0 Å². The van der Waals surface area contributed by atoms with Gasteiger partial charge in [-0.2, -0.15) is 0 Å². The Kier molecular flexibility index (Phi) is 5.88. The van der Waals surface area contributed by atoms with Crippen molar-refractivity contribution in [2.45, 2.75) is 71.3 Å². The molecular weight excluding hydrogens is 248 g/mol. The topological polar surface area (TPSA) is 46.3 Å². The summed E-state index contributed by atoms with van der Waals surface area (Å²) in [7, 11) is 0. The van der Waals surface area contributed by atoms with E-state index in [0.717, 1.165) is 31.7 Å². The van der Waals surface area contributed by atoms with E-state index in [1.165, 1.54) is 32.1 Å². The molecule has 116 valence electrons. The zero-order valence-electron chi connectivity index (χ0n) is 13.3. The van der Waals surface area contributed by atoms with Gasteiger partial charge >= 0.3 is 0 Å². The van der Waals surface area contributed by atoms with Crippen LogP contribution in [-0.2, 0) is 4.79 Å². The fraction of sp³-hybridized carbons (Fsp3) is 0.941. The predicted octanol–water partition coefficient (Wildman–Crippen LogP) is 3.18. The Bertz CT molecular complexity index is 312. The van der Waals surface area contributed by atoms with Crippen LogP contribution in [0, 0.1) is 17.8 Å². The molecule has 1 heterocycles. The smallest absolute Gasteiger partial charge is 0.223 e. The zero-order valence-corrected chi connectivity index (χ0v) is 13.3. The third-order valence-corrected chi connectivity index (χ3v) is 5.52. The number of carbonyl (C=O) groups is 1. The van der Waals surface area contributed by atoms with Gasteiger partial charge in [-0.1, -0.05) is 46.0 Å². The van der Waals surface area contributed by atoms with Crippen molar-refractivity contribution in [1.29, 1.82) is 0 Å². The number of piperidine rings is 1. The van der Waals surface area contributed by atoms with Gasteiger partial charge in [0.15, 0.2) is 0 Å². The Hall–Kier alpha value is -0.570. The van der Waals surface area contributed by atoms with Gasteiger partial charge in [0.1, 0.15) is 0 Å². The SMILES string of the molecule is CC1CCN(C(=O)CC(C)C2CCCCC2)C(CN)C1. The molecule has 0 bridgehead atoms. The number of hydrogen-bond donors (Lipinski definition) is 1. The minimum atomic E-state index is 0.282. The summed E-state index contributed by atoms with van der Waals surface area (Å²) in [6, 6.07) is 0.282. The molecule has 1 saturated carbocycles. The molecule has 1 saturated heterocycles. The van der Waals surface area contributed by atoms with E-state index >= 15 is 0 Å². The maximum absolute atomic E-state index is 12.6. The van der Waals surface area contributed by atoms with Gasteiger partial charge in [-0.3, -0.25) is 4.79 Å². The second kappa shape index (κ2) is 7.44. The maximum atomic E-state index is 12.6. The number of carbonyl (C=O) groups excluding carboxylic acids is 1. The van der Waals surface area contributed by atoms with E-state index in [9.17, 15) is 4.79 Å². The highest BCUT2D eigenvalue weighted by atomic mass is 16.2. The Balaban J connectivity index is 1.86. The molecule has 3 heteroatoms. The van der Waals surface area contributed by atoms with Crippen LogP contribution in [-0.4, -0.2) is 29.9 Å². The Morgan fingerprint density at radius 3 is 2.60 bits per heavy atom.